The predicted octanol–water partition coefficient (Wildman–Crippen LogP) is 3.47. The molecule has 4 rings (SSSR count). The Labute approximate surface area is 160 Å². The van der Waals surface area contributed by atoms with E-state index in [1.54, 1.807) is 6.33 Å². The van der Waals surface area contributed by atoms with Gasteiger partial charge in [-0.2, -0.15) is 5.10 Å². The molecule has 0 radical (unpaired) electrons. The number of nitrogens with zero attached hydrogens (tertiary/aromatic N) is 5. The number of piperidine rings is 1. The zero-order valence-corrected chi connectivity index (χ0v) is 16.4. The molecule has 1 saturated heterocycles. The van der Waals surface area contributed by atoms with Gasteiger partial charge in [0.15, 0.2) is 5.65 Å². The zero-order valence-electron chi connectivity index (χ0n) is 16.4. The largest absolute Gasteiger partial charge is 0.383 e. The fourth-order valence-electron chi connectivity index (χ4n) is 4.00. The van der Waals surface area contributed by atoms with Gasteiger partial charge in [-0.15, -0.1) is 0 Å². The summed E-state index contributed by atoms with van der Waals surface area (Å²) in [5.41, 5.74) is 11.8. The third kappa shape index (κ3) is 3.30. The third-order valence-corrected chi connectivity index (χ3v) is 5.69. The Bertz CT molecular complexity index is 930. The Morgan fingerprint density at radius 2 is 1.70 bits per heavy atom. The molecule has 6 nitrogen and oxygen atoms in total. The second kappa shape index (κ2) is 7.27. The Balaban J connectivity index is 1.89. The van der Waals surface area contributed by atoms with E-state index in [2.05, 4.69) is 58.6 Å². The first-order valence-corrected chi connectivity index (χ1v) is 9.91. The Hall–Kier alpha value is -2.47. The molecule has 6 heteroatoms. The van der Waals surface area contributed by atoms with Crippen LogP contribution in [0.3, 0.4) is 0 Å². The lowest BCUT2D eigenvalue weighted by Crippen LogP contribution is -2.31. The van der Waals surface area contributed by atoms with Crippen molar-refractivity contribution in [3.8, 4) is 11.3 Å². The topological polar surface area (TPSA) is 72.9 Å². The minimum Gasteiger partial charge on any atom is -0.383 e. The molecular formula is C21H28N6. The van der Waals surface area contributed by atoms with E-state index in [9.17, 15) is 0 Å². The Morgan fingerprint density at radius 3 is 2.33 bits per heavy atom. The van der Waals surface area contributed by atoms with Gasteiger partial charge in [0.1, 0.15) is 17.8 Å². The number of anilines is 1. The van der Waals surface area contributed by atoms with Gasteiger partial charge in [-0.25, -0.2) is 14.6 Å². The molecule has 1 aliphatic heterocycles. The van der Waals surface area contributed by atoms with Gasteiger partial charge in [0.25, 0.3) is 0 Å². The van der Waals surface area contributed by atoms with Gasteiger partial charge in [-0.05, 0) is 69.1 Å². The summed E-state index contributed by atoms with van der Waals surface area (Å²) in [6.45, 7) is 6.52. The van der Waals surface area contributed by atoms with Gasteiger partial charge in [0, 0.05) is 5.56 Å². The Morgan fingerprint density at radius 1 is 1.04 bits per heavy atom. The van der Waals surface area contributed by atoms with Crippen molar-refractivity contribution >= 4 is 16.9 Å². The number of likely N-dealkylation sites (tertiary alicyclic amines) is 1. The molecule has 2 N–H and O–H groups in total. The van der Waals surface area contributed by atoms with Gasteiger partial charge in [0.05, 0.1) is 11.4 Å². The maximum absolute atomic E-state index is 6.29. The maximum atomic E-state index is 6.29. The number of nitrogens with two attached hydrogens (primary N) is 1. The molecule has 0 atom stereocenters. The van der Waals surface area contributed by atoms with Crippen molar-refractivity contribution in [2.24, 2.45) is 0 Å². The number of rotatable bonds is 4. The van der Waals surface area contributed by atoms with Crippen LogP contribution in [0.25, 0.3) is 22.3 Å². The summed E-state index contributed by atoms with van der Waals surface area (Å²) in [6.07, 6.45) is 5.70. The van der Waals surface area contributed by atoms with E-state index in [1.807, 2.05) is 0 Å². The van der Waals surface area contributed by atoms with Crippen LogP contribution in [0.5, 0.6) is 0 Å². The van der Waals surface area contributed by atoms with E-state index in [-0.39, 0.29) is 0 Å². The number of benzene rings is 1. The van der Waals surface area contributed by atoms with Gasteiger partial charge in [-0.1, -0.05) is 19.9 Å². The number of aryl methyl sites for hydroxylation is 2. The summed E-state index contributed by atoms with van der Waals surface area (Å²) >= 11 is 0. The van der Waals surface area contributed by atoms with Crippen LogP contribution < -0.4 is 5.73 Å². The van der Waals surface area contributed by atoms with E-state index < -0.39 is 0 Å². The van der Waals surface area contributed by atoms with Crippen molar-refractivity contribution in [3.63, 3.8) is 0 Å². The molecule has 0 unspecified atom stereocenters. The highest BCUT2D eigenvalue weighted by Gasteiger charge is 2.25. The summed E-state index contributed by atoms with van der Waals surface area (Å²) in [6, 6.07) is 7.09. The van der Waals surface area contributed by atoms with Crippen LogP contribution >= 0.6 is 0 Å². The molecule has 0 spiro atoms. The van der Waals surface area contributed by atoms with Crippen molar-refractivity contribution in [1.82, 2.24) is 24.6 Å². The molecule has 2 aromatic heterocycles. The van der Waals surface area contributed by atoms with Gasteiger partial charge in [-0.3, -0.25) is 0 Å². The number of aromatic nitrogens is 4. The van der Waals surface area contributed by atoms with Crippen LogP contribution in [0, 0.1) is 0 Å². The van der Waals surface area contributed by atoms with E-state index >= 15 is 0 Å². The normalized spacial score (nSPS) is 16.3. The summed E-state index contributed by atoms with van der Waals surface area (Å²) in [4.78, 5) is 11.2. The van der Waals surface area contributed by atoms with Gasteiger partial charge in [0.2, 0.25) is 0 Å². The number of fused-ring (bicyclic) bond motifs is 1. The van der Waals surface area contributed by atoms with E-state index in [1.165, 1.54) is 11.1 Å². The first-order chi connectivity index (χ1) is 13.1. The maximum Gasteiger partial charge on any atom is 0.164 e. The zero-order chi connectivity index (χ0) is 19.0. The molecule has 1 aromatic carbocycles. The molecule has 0 aliphatic carbocycles. The molecule has 27 heavy (non-hydrogen) atoms. The summed E-state index contributed by atoms with van der Waals surface area (Å²) in [5, 5.41) is 5.92. The lowest BCUT2D eigenvalue weighted by molar-refractivity contribution is 0.215. The lowest BCUT2D eigenvalue weighted by atomic mass is 9.99. The fourth-order valence-corrected chi connectivity index (χ4v) is 4.00. The summed E-state index contributed by atoms with van der Waals surface area (Å²) in [7, 11) is 2.17. The smallest absolute Gasteiger partial charge is 0.164 e. The second-order valence-electron chi connectivity index (χ2n) is 7.53. The highest BCUT2D eigenvalue weighted by Crippen LogP contribution is 2.34. The molecule has 0 saturated carbocycles. The van der Waals surface area contributed by atoms with Crippen molar-refractivity contribution in [3.05, 3.63) is 35.7 Å². The van der Waals surface area contributed by atoms with E-state index in [0.29, 0.717) is 11.9 Å². The quantitative estimate of drug-likeness (QED) is 0.767. The molecule has 0 amide bonds. The molecule has 3 heterocycles. The number of nitrogen functional groups attached to an aromatic ring is 1. The predicted molar refractivity (Wildman–Crippen MR) is 110 cm³/mol. The summed E-state index contributed by atoms with van der Waals surface area (Å²) < 4.78 is 2.10. The average molecular weight is 364 g/mol. The second-order valence-corrected chi connectivity index (χ2v) is 7.53. The first kappa shape index (κ1) is 17.9. The van der Waals surface area contributed by atoms with Crippen LogP contribution in [-0.2, 0) is 12.8 Å². The van der Waals surface area contributed by atoms with Crippen molar-refractivity contribution in [2.45, 2.75) is 45.6 Å². The van der Waals surface area contributed by atoms with Crippen molar-refractivity contribution in [2.75, 3.05) is 25.9 Å². The molecule has 0 bridgehead atoms. The SMILES string of the molecule is CCc1cc(CC)cc(-c2nn(C3CCN(C)CC3)c3ncnc(N)c23)c1. The van der Waals surface area contributed by atoms with E-state index in [4.69, 9.17) is 10.8 Å². The minimum atomic E-state index is 0.353. The van der Waals surface area contributed by atoms with Crippen LogP contribution in [0.4, 0.5) is 5.82 Å². The summed E-state index contributed by atoms with van der Waals surface area (Å²) in [5.74, 6) is 0.508. The molecular weight excluding hydrogens is 336 g/mol. The van der Waals surface area contributed by atoms with E-state index in [0.717, 1.165) is 61.1 Å². The standard InChI is InChI=1S/C21H28N6/c1-4-14-10-15(5-2)12-16(11-14)19-18-20(22)23-13-24-21(18)27(25-19)17-6-8-26(3)9-7-17/h10-13,17H,4-9H2,1-3H3,(H2,22,23,24). The highest BCUT2D eigenvalue weighted by atomic mass is 15.3. The first-order valence-electron chi connectivity index (χ1n) is 9.91. The molecule has 3 aromatic rings. The van der Waals surface area contributed by atoms with Gasteiger partial charge >= 0.3 is 0 Å². The van der Waals surface area contributed by atoms with Crippen molar-refractivity contribution in [1.29, 1.82) is 0 Å². The lowest BCUT2D eigenvalue weighted by Gasteiger charge is -2.29. The van der Waals surface area contributed by atoms with Gasteiger partial charge < -0.3 is 10.6 Å². The van der Waals surface area contributed by atoms with Crippen LogP contribution in [-0.4, -0.2) is 44.8 Å². The average Bonchev–Trinajstić information content (AvgIpc) is 3.09. The Kier molecular flexibility index (Phi) is 4.83. The molecule has 1 fully saturated rings. The van der Waals surface area contributed by atoms with Crippen molar-refractivity contribution < 1.29 is 0 Å². The number of hydrogen-bond donors (Lipinski definition) is 1. The number of hydrogen-bond acceptors (Lipinski definition) is 5. The highest BCUT2D eigenvalue weighted by molar-refractivity contribution is 5.98. The monoisotopic (exact) mass is 364 g/mol. The fraction of sp³-hybridized carbons (Fsp3) is 0.476. The van der Waals surface area contributed by atoms with Crippen LogP contribution in [0.2, 0.25) is 0 Å². The minimum absolute atomic E-state index is 0.353. The van der Waals surface area contributed by atoms with Crippen LogP contribution in [0.1, 0.15) is 43.9 Å². The molecule has 142 valence electrons. The third-order valence-electron chi connectivity index (χ3n) is 5.69. The molecule has 1 aliphatic rings. The van der Waals surface area contributed by atoms with Crippen LogP contribution in [0.15, 0.2) is 24.5 Å².